The second-order valence-corrected chi connectivity index (χ2v) is 5.52. The molecule has 4 nitrogen and oxygen atoms in total. The summed E-state index contributed by atoms with van der Waals surface area (Å²) in [5.74, 6) is -0.424. The first-order chi connectivity index (χ1) is 11.2. The van der Waals surface area contributed by atoms with E-state index >= 15 is 0 Å². The zero-order chi connectivity index (χ0) is 16.2. The summed E-state index contributed by atoms with van der Waals surface area (Å²) in [6.07, 6.45) is 0.318. The molecule has 2 aromatic rings. The van der Waals surface area contributed by atoms with Crippen LogP contribution in [0.1, 0.15) is 29.7 Å². The van der Waals surface area contributed by atoms with Gasteiger partial charge in [-0.2, -0.15) is 0 Å². The van der Waals surface area contributed by atoms with E-state index in [9.17, 15) is 9.59 Å². The fourth-order valence-electron chi connectivity index (χ4n) is 3.06. The van der Waals surface area contributed by atoms with Crippen molar-refractivity contribution in [3.05, 3.63) is 71.3 Å². The third-order valence-corrected chi connectivity index (χ3v) is 4.04. The van der Waals surface area contributed by atoms with Crippen molar-refractivity contribution in [1.29, 1.82) is 0 Å². The fourth-order valence-corrected chi connectivity index (χ4v) is 3.06. The minimum atomic E-state index is -0.374. The van der Waals surface area contributed by atoms with Crippen LogP contribution in [0.2, 0.25) is 0 Å². The van der Waals surface area contributed by atoms with Crippen LogP contribution >= 0.6 is 0 Å². The summed E-state index contributed by atoms with van der Waals surface area (Å²) in [6.45, 7) is 2.05. The number of benzene rings is 2. The molecule has 0 aliphatic carbocycles. The first-order valence-electron chi connectivity index (χ1n) is 7.78. The summed E-state index contributed by atoms with van der Waals surface area (Å²) in [4.78, 5) is 26.1. The molecule has 1 unspecified atom stereocenters. The first-order valence-corrected chi connectivity index (χ1v) is 7.78. The van der Waals surface area contributed by atoms with Crippen LogP contribution in [0.4, 0.5) is 0 Å². The van der Waals surface area contributed by atoms with Crippen molar-refractivity contribution < 1.29 is 14.3 Å². The molecule has 0 aromatic heterocycles. The third kappa shape index (κ3) is 3.11. The van der Waals surface area contributed by atoms with Gasteiger partial charge in [0.05, 0.1) is 19.1 Å². The highest BCUT2D eigenvalue weighted by molar-refractivity contribution is 5.86. The maximum absolute atomic E-state index is 12.6. The molecule has 1 aliphatic heterocycles. The van der Waals surface area contributed by atoms with Crippen LogP contribution in [-0.2, 0) is 20.7 Å². The SMILES string of the molecule is CCOC(=O)CN1C(=O)Cc2ccccc2C1c1ccccc1. The van der Waals surface area contributed by atoms with Crippen LogP contribution in [0.5, 0.6) is 0 Å². The van der Waals surface area contributed by atoms with E-state index in [0.717, 1.165) is 16.7 Å². The number of hydrogen-bond acceptors (Lipinski definition) is 3. The summed E-state index contributed by atoms with van der Waals surface area (Å²) >= 11 is 0. The summed E-state index contributed by atoms with van der Waals surface area (Å²) in [5, 5.41) is 0. The zero-order valence-corrected chi connectivity index (χ0v) is 13.1. The Kier molecular flexibility index (Phi) is 4.42. The molecule has 0 radical (unpaired) electrons. The average molecular weight is 309 g/mol. The number of ether oxygens (including phenoxy) is 1. The number of amides is 1. The van der Waals surface area contributed by atoms with Gasteiger partial charge in [0.2, 0.25) is 5.91 Å². The van der Waals surface area contributed by atoms with E-state index < -0.39 is 0 Å². The summed E-state index contributed by atoms with van der Waals surface area (Å²) in [6, 6.07) is 17.5. The van der Waals surface area contributed by atoms with E-state index in [-0.39, 0.29) is 24.5 Å². The average Bonchev–Trinajstić information content (AvgIpc) is 2.56. The summed E-state index contributed by atoms with van der Waals surface area (Å²) < 4.78 is 5.03. The molecule has 118 valence electrons. The monoisotopic (exact) mass is 309 g/mol. The highest BCUT2D eigenvalue weighted by Crippen LogP contribution is 2.35. The van der Waals surface area contributed by atoms with Gasteiger partial charge in [-0.1, -0.05) is 54.6 Å². The highest BCUT2D eigenvalue weighted by Gasteiger charge is 2.34. The number of carbonyl (C=O) groups is 2. The lowest BCUT2D eigenvalue weighted by atomic mass is 9.88. The first kappa shape index (κ1) is 15.3. The summed E-state index contributed by atoms with van der Waals surface area (Å²) in [5.41, 5.74) is 3.09. The summed E-state index contributed by atoms with van der Waals surface area (Å²) in [7, 11) is 0. The number of carbonyl (C=O) groups excluding carboxylic acids is 2. The van der Waals surface area contributed by atoms with Gasteiger partial charge in [0, 0.05) is 0 Å². The van der Waals surface area contributed by atoms with Gasteiger partial charge in [0.25, 0.3) is 0 Å². The van der Waals surface area contributed by atoms with Crippen molar-refractivity contribution in [2.24, 2.45) is 0 Å². The Balaban J connectivity index is 2.03. The molecule has 3 rings (SSSR count). The lowest BCUT2D eigenvalue weighted by Gasteiger charge is -2.37. The van der Waals surface area contributed by atoms with E-state index in [0.29, 0.717) is 13.0 Å². The predicted molar refractivity (Wildman–Crippen MR) is 86.8 cm³/mol. The van der Waals surface area contributed by atoms with Crippen molar-refractivity contribution in [2.45, 2.75) is 19.4 Å². The third-order valence-electron chi connectivity index (χ3n) is 4.04. The van der Waals surface area contributed by atoms with E-state index in [1.165, 1.54) is 0 Å². The Morgan fingerprint density at radius 1 is 1.13 bits per heavy atom. The standard InChI is InChI=1S/C19H19NO3/c1-2-23-18(22)13-20-17(21)12-15-10-6-7-11-16(15)19(20)14-8-4-3-5-9-14/h3-11,19H,2,12-13H2,1H3. The van der Waals surface area contributed by atoms with E-state index in [1.54, 1.807) is 11.8 Å². The molecule has 0 saturated carbocycles. The zero-order valence-electron chi connectivity index (χ0n) is 13.1. The van der Waals surface area contributed by atoms with Crippen molar-refractivity contribution in [3.8, 4) is 0 Å². The van der Waals surface area contributed by atoms with Gasteiger partial charge in [0.15, 0.2) is 0 Å². The maximum Gasteiger partial charge on any atom is 0.325 e. The number of esters is 1. The molecule has 1 aliphatic rings. The Labute approximate surface area is 135 Å². The second-order valence-electron chi connectivity index (χ2n) is 5.52. The number of hydrogen-bond donors (Lipinski definition) is 0. The van der Waals surface area contributed by atoms with Crippen LogP contribution in [0.25, 0.3) is 0 Å². The van der Waals surface area contributed by atoms with Crippen LogP contribution in [0.15, 0.2) is 54.6 Å². The molecule has 1 amide bonds. The normalized spacial score (nSPS) is 16.8. The minimum absolute atomic E-state index is 0.0272. The van der Waals surface area contributed by atoms with E-state index in [1.807, 2.05) is 54.6 Å². The molecule has 4 heteroatoms. The lowest BCUT2D eigenvalue weighted by Crippen LogP contribution is -2.44. The number of fused-ring (bicyclic) bond motifs is 1. The molecule has 0 saturated heterocycles. The Morgan fingerprint density at radius 3 is 2.57 bits per heavy atom. The molecule has 1 heterocycles. The smallest absolute Gasteiger partial charge is 0.325 e. The van der Waals surface area contributed by atoms with Crippen molar-refractivity contribution in [2.75, 3.05) is 13.2 Å². The van der Waals surface area contributed by atoms with Gasteiger partial charge in [-0.25, -0.2) is 0 Å². The van der Waals surface area contributed by atoms with Crippen molar-refractivity contribution in [3.63, 3.8) is 0 Å². The van der Waals surface area contributed by atoms with Gasteiger partial charge in [-0.15, -0.1) is 0 Å². The molecule has 1 atom stereocenters. The molecular weight excluding hydrogens is 290 g/mol. The number of nitrogens with zero attached hydrogens (tertiary/aromatic N) is 1. The van der Waals surface area contributed by atoms with Crippen LogP contribution in [0, 0.1) is 0 Å². The molecule has 0 fully saturated rings. The Morgan fingerprint density at radius 2 is 1.83 bits per heavy atom. The largest absolute Gasteiger partial charge is 0.465 e. The van der Waals surface area contributed by atoms with E-state index in [2.05, 4.69) is 0 Å². The molecule has 23 heavy (non-hydrogen) atoms. The van der Waals surface area contributed by atoms with Crippen LogP contribution in [-0.4, -0.2) is 29.9 Å². The quantitative estimate of drug-likeness (QED) is 0.816. The maximum atomic E-state index is 12.6. The Bertz CT molecular complexity index is 712. The van der Waals surface area contributed by atoms with Crippen molar-refractivity contribution >= 4 is 11.9 Å². The molecule has 2 aromatic carbocycles. The predicted octanol–water partition coefficient (Wildman–Crippen LogP) is 2.72. The topological polar surface area (TPSA) is 46.6 Å². The van der Waals surface area contributed by atoms with Crippen LogP contribution in [0.3, 0.4) is 0 Å². The second kappa shape index (κ2) is 6.65. The molecular formula is C19H19NO3. The minimum Gasteiger partial charge on any atom is -0.465 e. The fraction of sp³-hybridized carbons (Fsp3) is 0.263. The van der Waals surface area contributed by atoms with Crippen molar-refractivity contribution in [1.82, 2.24) is 4.90 Å². The molecule has 0 bridgehead atoms. The van der Waals surface area contributed by atoms with Gasteiger partial charge >= 0.3 is 5.97 Å². The van der Waals surface area contributed by atoms with E-state index in [4.69, 9.17) is 4.74 Å². The lowest BCUT2D eigenvalue weighted by molar-refractivity contribution is -0.150. The van der Waals surface area contributed by atoms with Gasteiger partial charge in [-0.3, -0.25) is 9.59 Å². The van der Waals surface area contributed by atoms with Gasteiger partial charge in [0.1, 0.15) is 6.54 Å². The van der Waals surface area contributed by atoms with Gasteiger partial charge in [-0.05, 0) is 23.6 Å². The van der Waals surface area contributed by atoms with Crippen LogP contribution < -0.4 is 0 Å². The Hall–Kier alpha value is -2.62. The van der Waals surface area contributed by atoms with Gasteiger partial charge < -0.3 is 9.64 Å². The number of rotatable bonds is 4. The molecule has 0 spiro atoms. The highest BCUT2D eigenvalue weighted by atomic mass is 16.5. The molecule has 0 N–H and O–H groups in total.